The minimum absolute atomic E-state index is 0.354. The van der Waals surface area contributed by atoms with Gasteiger partial charge in [-0.2, -0.15) is 0 Å². The molecule has 2 nitrogen and oxygen atoms in total. The van der Waals surface area contributed by atoms with Crippen LogP contribution in [-0.4, -0.2) is 18.6 Å². The van der Waals surface area contributed by atoms with Crippen molar-refractivity contribution in [2.24, 2.45) is 0 Å². The maximum Gasteiger partial charge on any atom is 0.0306 e. The molecule has 1 aromatic heterocycles. The first-order valence-corrected chi connectivity index (χ1v) is 7.28. The van der Waals surface area contributed by atoms with Gasteiger partial charge in [0, 0.05) is 24.9 Å². The van der Waals surface area contributed by atoms with Crippen molar-refractivity contribution in [3.63, 3.8) is 0 Å². The van der Waals surface area contributed by atoms with Crippen LogP contribution in [0.15, 0.2) is 42.7 Å². The van der Waals surface area contributed by atoms with E-state index in [1.165, 1.54) is 22.3 Å². The molecule has 2 aromatic rings. The standard InChI is InChI=1S/C18H24N2/c1-13(2)15-8-7-14(3)17(10-15)18(12-19-4)16-6-5-9-20-11-16/h5-11,13,18-19H,12H2,1-4H3. The Morgan fingerprint density at radius 1 is 1.15 bits per heavy atom. The molecule has 106 valence electrons. The number of likely N-dealkylation sites (N-methyl/N-ethyl adjacent to an activating group) is 1. The van der Waals surface area contributed by atoms with Crippen LogP contribution in [-0.2, 0) is 0 Å². The van der Waals surface area contributed by atoms with Crippen molar-refractivity contribution < 1.29 is 0 Å². The van der Waals surface area contributed by atoms with Crippen LogP contribution in [0.4, 0.5) is 0 Å². The molecular formula is C18H24N2. The van der Waals surface area contributed by atoms with E-state index < -0.39 is 0 Å². The Bertz CT molecular complexity index is 547. The van der Waals surface area contributed by atoms with Gasteiger partial charge >= 0.3 is 0 Å². The fourth-order valence-corrected chi connectivity index (χ4v) is 2.59. The van der Waals surface area contributed by atoms with Gasteiger partial charge < -0.3 is 5.32 Å². The van der Waals surface area contributed by atoms with Crippen LogP contribution in [0.5, 0.6) is 0 Å². The summed E-state index contributed by atoms with van der Waals surface area (Å²) in [4.78, 5) is 4.27. The summed E-state index contributed by atoms with van der Waals surface area (Å²) in [6.07, 6.45) is 3.81. The highest BCUT2D eigenvalue weighted by Gasteiger charge is 2.16. The Balaban J connectivity index is 2.46. The van der Waals surface area contributed by atoms with Gasteiger partial charge in [0.05, 0.1) is 0 Å². The number of aryl methyl sites for hydroxylation is 1. The zero-order chi connectivity index (χ0) is 14.5. The molecule has 0 aliphatic heterocycles. The summed E-state index contributed by atoms with van der Waals surface area (Å²) in [5.74, 6) is 0.908. The number of rotatable bonds is 5. The lowest BCUT2D eigenvalue weighted by molar-refractivity contribution is 0.700. The van der Waals surface area contributed by atoms with E-state index in [1.807, 2.05) is 25.5 Å². The molecule has 1 N–H and O–H groups in total. The molecule has 0 aliphatic carbocycles. The van der Waals surface area contributed by atoms with E-state index in [-0.39, 0.29) is 0 Å². The molecule has 2 heteroatoms. The first-order chi connectivity index (χ1) is 9.63. The third kappa shape index (κ3) is 3.26. The summed E-state index contributed by atoms with van der Waals surface area (Å²) < 4.78 is 0. The molecule has 0 fully saturated rings. The van der Waals surface area contributed by atoms with Crippen LogP contribution in [0, 0.1) is 6.92 Å². The van der Waals surface area contributed by atoms with Crippen molar-refractivity contribution in [2.75, 3.05) is 13.6 Å². The van der Waals surface area contributed by atoms with Crippen molar-refractivity contribution >= 4 is 0 Å². The molecule has 0 bridgehead atoms. The number of benzene rings is 1. The number of nitrogens with zero attached hydrogens (tertiary/aromatic N) is 1. The SMILES string of the molecule is CNCC(c1cccnc1)c1cc(C(C)C)ccc1C. The predicted molar refractivity (Wildman–Crippen MR) is 85.3 cm³/mol. The van der Waals surface area contributed by atoms with Crippen molar-refractivity contribution in [1.82, 2.24) is 10.3 Å². The lowest BCUT2D eigenvalue weighted by Crippen LogP contribution is -2.19. The van der Waals surface area contributed by atoms with E-state index in [1.54, 1.807) is 0 Å². The molecule has 0 aliphatic rings. The first-order valence-electron chi connectivity index (χ1n) is 7.28. The Morgan fingerprint density at radius 2 is 1.95 bits per heavy atom. The van der Waals surface area contributed by atoms with Crippen molar-refractivity contribution in [1.29, 1.82) is 0 Å². The van der Waals surface area contributed by atoms with Gasteiger partial charge in [-0.3, -0.25) is 4.98 Å². The number of aromatic nitrogens is 1. The highest BCUT2D eigenvalue weighted by molar-refractivity contribution is 5.40. The van der Waals surface area contributed by atoms with Gasteiger partial charge in [0.25, 0.3) is 0 Å². The maximum atomic E-state index is 4.27. The van der Waals surface area contributed by atoms with Crippen molar-refractivity contribution in [3.05, 3.63) is 65.0 Å². The summed E-state index contributed by atoms with van der Waals surface area (Å²) in [6, 6.07) is 11.0. The minimum Gasteiger partial charge on any atom is -0.319 e. The molecule has 0 spiro atoms. The van der Waals surface area contributed by atoms with E-state index in [0.29, 0.717) is 11.8 Å². The second kappa shape index (κ2) is 6.67. The van der Waals surface area contributed by atoms with Gasteiger partial charge in [0.15, 0.2) is 0 Å². The second-order valence-electron chi connectivity index (χ2n) is 5.67. The van der Waals surface area contributed by atoms with Crippen LogP contribution in [0.25, 0.3) is 0 Å². The van der Waals surface area contributed by atoms with Crippen LogP contribution in [0.3, 0.4) is 0 Å². The number of hydrogen-bond donors (Lipinski definition) is 1. The third-order valence-electron chi connectivity index (χ3n) is 3.84. The van der Waals surface area contributed by atoms with Gasteiger partial charge in [-0.05, 0) is 48.2 Å². The zero-order valence-corrected chi connectivity index (χ0v) is 12.9. The fourth-order valence-electron chi connectivity index (χ4n) is 2.59. The summed E-state index contributed by atoms with van der Waals surface area (Å²) >= 11 is 0. The van der Waals surface area contributed by atoms with Crippen LogP contribution >= 0.6 is 0 Å². The second-order valence-corrected chi connectivity index (χ2v) is 5.67. The zero-order valence-electron chi connectivity index (χ0n) is 12.9. The molecule has 1 heterocycles. The summed E-state index contributed by atoms with van der Waals surface area (Å²) in [6.45, 7) is 7.60. The number of pyridine rings is 1. The quantitative estimate of drug-likeness (QED) is 0.890. The van der Waals surface area contributed by atoms with E-state index >= 15 is 0 Å². The van der Waals surface area contributed by atoms with Gasteiger partial charge in [0.1, 0.15) is 0 Å². The Labute approximate surface area is 122 Å². The van der Waals surface area contributed by atoms with Crippen LogP contribution in [0.1, 0.15) is 47.9 Å². The maximum absolute atomic E-state index is 4.27. The van der Waals surface area contributed by atoms with Gasteiger partial charge in [-0.25, -0.2) is 0 Å². The summed E-state index contributed by atoms with van der Waals surface area (Å²) in [7, 11) is 2.00. The molecule has 0 saturated heterocycles. The van der Waals surface area contributed by atoms with E-state index in [0.717, 1.165) is 6.54 Å². The van der Waals surface area contributed by atoms with Crippen LogP contribution in [0.2, 0.25) is 0 Å². The lowest BCUT2D eigenvalue weighted by Gasteiger charge is -2.21. The molecule has 0 saturated carbocycles. The fraction of sp³-hybridized carbons (Fsp3) is 0.389. The predicted octanol–water partition coefficient (Wildman–Crippen LogP) is 3.86. The average molecular weight is 268 g/mol. The molecule has 1 unspecified atom stereocenters. The largest absolute Gasteiger partial charge is 0.319 e. The highest BCUT2D eigenvalue weighted by Crippen LogP contribution is 2.29. The topological polar surface area (TPSA) is 24.9 Å². The van der Waals surface area contributed by atoms with Gasteiger partial charge in [-0.15, -0.1) is 0 Å². The van der Waals surface area contributed by atoms with E-state index in [9.17, 15) is 0 Å². The summed E-state index contributed by atoms with van der Waals surface area (Å²) in [5, 5.41) is 3.31. The van der Waals surface area contributed by atoms with E-state index in [4.69, 9.17) is 0 Å². The Morgan fingerprint density at radius 3 is 2.55 bits per heavy atom. The number of nitrogens with one attached hydrogen (secondary N) is 1. The van der Waals surface area contributed by atoms with Crippen LogP contribution < -0.4 is 5.32 Å². The minimum atomic E-state index is 0.354. The molecule has 2 rings (SSSR count). The normalized spacial score (nSPS) is 12.7. The van der Waals surface area contributed by atoms with Gasteiger partial charge in [0.2, 0.25) is 0 Å². The van der Waals surface area contributed by atoms with Crippen molar-refractivity contribution in [2.45, 2.75) is 32.6 Å². The smallest absolute Gasteiger partial charge is 0.0306 e. The Kier molecular flexibility index (Phi) is 4.91. The first kappa shape index (κ1) is 14.7. The van der Waals surface area contributed by atoms with Gasteiger partial charge in [-0.1, -0.05) is 38.1 Å². The average Bonchev–Trinajstić information content (AvgIpc) is 2.46. The lowest BCUT2D eigenvalue weighted by atomic mass is 9.86. The molecule has 0 radical (unpaired) electrons. The highest BCUT2D eigenvalue weighted by atomic mass is 14.8. The molecule has 0 amide bonds. The monoisotopic (exact) mass is 268 g/mol. The number of hydrogen-bond acceptors (Lipinski definition) is 2. The molecular weight excluding hydrogens is 244 g/mol. The molecule has 1 aromatic carbocycles. The summed E-state index contributed by atoms with van der Waals surface area (Å²) in [5.41, 5.74) is 5.42. The van der Waals surface area contributed by atoms with Crippen molar-refractivity contribution in [3.8, 4) is 0 Å². The Hall–Kier alpha value is -1.67. The molecule has 1 atom stereocenters. The molecule has 20 heavy (non-hydrogen) atoms. The third-order valence-corrected chi connectivity index (χ3v) is 3.84. The van der Waals surface area contributed by atoms with E-state index in [2.05, 4.69) is 55.3 Å².